The lowest BCUT2D eigenvalue weighted by molar-refractivity contribution is -0.385. The summed E-state index contributed by atoms with van der Waals surface area (Å²) >= 11 is 0. The average Bonchev–Trinajstić information content (AvgIpc) is 2.61. The van der Waals surface area contributed by atoms with Gasteiger partial charge in [-0.25, -0.2) is 0 Å². The van der Waals surface area contributed by atoms with E-state index in [-0.39, 0.29) is 18.1 Å². The molecular formula is C16H16N4O6. The zero-order valence-electron chi connectivity index (χ0n) is 13.8. The van der Waals surface area contributed by atoms with Crippen molar-refractivity contribution in [1.29, 1.82) is 0 Å². The SMILES string of the molecule is CCNC(=O)COc1ccc(NC(=O)c2cc([N+](=O)[O-])c[nH]c2=O)cc1. The molecule has 0 radical (unpaired) electrons. The van der Waals surface area contributed by atoms with Gasteiger partial charge in [0.25, 0.3) is 23.1 Å². The van der Waals surface area contributed by atoms with Gasteiger partial charge in [0.1, 0.15) is 11.3 Å². The van der Waals surface area contributed by atoms with Gasteiger partial charge in [-0.15, -0.1) is 0 Å². The molecule has 136 valence electrons. The van der Waals surface area contributed by atoms with Gasteiger partial charge < -0.3 is 20.4 Å². The van der Waals surface area contributed by atoms with Crippen LogP contribution < -0.4 is 20.9 Å². The Morgan fingerprint density at radius 3 is 2.58 bits per heavy atom. The number of ether oxygens (including phenoxy) is 1. The van der Waals surface area contributed by atoms with E-state index in [2.05, 4.69) is 15.6 Å². The lowest BCUT2D eigenvalue weighted by Gasteiger charge is -2.08. The summed E-state index contributed by atoms with van der Waals surface area (Å²) in [5, 5.41) is 15.8. The summed E-state index contributed by atoms with van der Waals surface area (Å²) in [5.41, 5.74) is -1.17. The quantitative estimate of drug-likeness (QED) is 0.497. The Bertz CT molecular complexity index is 875. The summed E-state index contributed by atoms with van der Waals surface area (Å²) < 4.78 is 5.27. The van der Waals surface area contributed by atoms with Crippen molar-refractivity contribution < 1.29 is 19.2 Å². The highest BCUT2D eigenvalue weighted by molar-refractivity contribution is 6.04. The standard InChI is InChI=1S/C16H16N4O6/c1-2-17-14(21)9-26-12-5-3-10(4-6-12)19-16(23)13-7-11(20(24)25)8-18-15(13)22/h3-8H,2,9H2,1H3,(H,17,21)(H,18,22)(H,19,23). The highest BCUT2D eigenvalue weighted by atomic mass is 16.6. The first-order chi connectivity index (χ1) is 12.4. The maximum Gasteiger partial charge on any atom is 0.286 e. The van der Waals surface area contributed by atoms with Gasteiger partial charge in [-0.2, -0.15) is 0 Å². The normalized spacial score (nSPS) is 10.0. The first-order valence-corrected chi connectivity index (χ1v) is 7.58. The van der Waals surface area contributed by atoms with Crippen LogP contribution in [-0.2, 0) is 4.79 Å². The third-order valence-electron chi connectivity index (χ3n) is 3.20. The molecule has 2 aromatic rings. The lowest BCUT2D eigenvalue weighted by Crippen LogP contribution is -2.28. The van der Waals surface area contributed by atoms with Crippen LogP contribution in [0.5, 0.6) is 5.75 Å². The van der Waals surface area contributed by atoms with E-state index in [0.29, 0.717) is 18.0 Å². The minimum atomic E-state index is -0.786. The Labute approximate surface area is 147 Å². The van der Waals surface area contributed by atoms with Gasteiger partial charge in [-0.3, -0.25) is 24.5 Å². The van der Waals surface area contributed by atoms with Crippen molar-refractivity contribution in [3.05, 3.63) is 62.6 Å². The Balaban J connectivity index is 2.04. The topological polar surface area (TPSA) is 143 Å². The van der Waals surface area contributed by atoms with Crippen LogP contribution in [0.15, 0.2) is 41.3 Å². The highest BCUT2D eigenvalue weighted by Gasteiger charge is 2.16. The number of pyridine rings is 1. The number of amides is 2. The van der Waals surface area contributed by atoms with E-state index in [0.717, 1.165) is 12.3 Å². The molecule has 2 amide bonds. The summed E-state index contributed by atoms with van der Waals surface area (Å²) in [5.74, 6) is -0.622. The van der Waals surface area contributed by atoms with Gasteiger partial charge in [-0.05, 0) is 31.2 Å². The number of anilines is 1. The molecule has 0 aliphatic heterocycles. The second-order valence-corrected chi connectivity index (χ2v) is 5.08. The monoisotopic (exact) mass is 360 g/mol. The van der Waals surface area contributed by atoms with Gasteiger partial charge in [-0.1, -0.05) is 0 Å². The van der Waals surface area contributed by atoms with E-state index in [1.165, 1.54) is 24.3 Å². The van der Waals surface area contributed by atoms with Crippen LogP contribution in [-0.4, -0.2) is 34.9 Å². The number of aromatic nitrogens is 1. The number of hydrogen-bond acceptors (Lipinski definition) is 6. The van der Waals surface area contributed by atoms with Crippen LogP contribution in [0.4, 0.5) is 11.4 Å². The van der Waals surface area contributed by atoms with Gasteiger partial charge in [0, 0.05) is 18.3 Å². The lowest BCUT2D eigenvalue weighted by atomic mass is 10.2. The molecule has 0 unspecified atom stereocenters. The number of likely N-dealkylation sites (N-methyl/N-ethyl adjacent to an activating group) is 1. The number of H-pyrrole nitrogens is 1. The second kappa shape index (κ2) is 8.42. The molecule has 0 aliphatic rings. The number of rotatable bonds is 7. The fraction of sp³-hybridized carbons (Fsp3) is 0.188. The number of nitro groups is 1. The molecule has 2 rings (SSSR count). The molecule has 1 aromatic carbocycles. The molecule has 3 N–H and O–H groups in total. The van der Waals surface area contributed by atoms with Crippen molar-refractivity contribution in [2.45, 2.75) is 6.92 Å². The Morgan fingerprint density at radius 1 is 1.27 bits per heavy atom. The first kappa shape index (κ1) is 18.6. The molecule has 1 heterocycles. The smallest absolute Gasteiger partial charge is 0.286 e. The second-order valence-electron chi connectivity index (χ2n) is 5.08. The third-order valence-corrected chi connectivity index (χ3v) is 3.20. The van der Waals surface area contributed by atoms with E-state index < -0.39 is 22.1 Å². The maximum atomic E-state index is 12.1. The van der Waals surface area contributed by atoms with Crippen LogP contribution in [0.25, 0.3) is 0 Å². The molecule has 0 bridgehead atoms. The van der Waals surface area contributed by atoms with Crippen molar-refractivity contribution in [3.8, 4) is 5.75 Å². The number of hydrogen-bond donors (Lipinski definition) is 3. The van der Waals surface area contributed by atoms with Crippen molar-refractivity contribution in [3.63, 3.8) is 0 Å². The predicted octanol–water partition coefficient (Wildman–Crippen LogP) is 1.05. The molecule has 0 spiro atoms. The van der Waals surface area contributed by atoms with E-state index >= 15 is 0 Å². The molecule has 0 atom stereocenters. The number of benzene rings is 1. The van der Waals surface area contributed by atoms with Crippen LogP contribution in [0.3, 0.4) is 0 Å². The van der Waals surface area contributed by atoms with Crippen LogP contribution >= 0.6 is 0 Å². The number of carbonyl (C=O) groups excluding carboxylic acids is 2. The van der Waals surface area contributed by atoms with E-state index in [1.807, 2.05) is 0 Å². The molecule has 26 heavy (non-hydrogen) atoms. The summed E-state index contributed by atoms with van der Waals surface area (Å²) in [6.07, 6.45) is 0.917. The summed E-state index contributed by atoms with van der Waals surface area (Å²) in [6.45, 7) is 2.16. The van der Waals surface area contributed by atoms with E-state index in [1.54, 1.807) is 6.92 Å². The van der Waals surface area contributed by atoms with Crippen LogP contribution in [0, 0.1) is 10.1 Å². The van der Waals surface area contributed by atoms with Gasteiger partial charge >= 0.3 is 0 Å². The predicted molar refractivity (Wildman–Crippen MR) is 92.3 cm³/mol. The van der Waals surface area contributed by atoms with E-state index in [9.17, 15) is 24.5 Å². The number of nitrogens with zero attached hydrogens (tertiary/aromatic N) is 1. The van der Waals surface area contributed by atoms with Crippen LogP contribution in [0.1, 0.15) is 17.3 Å². The van der Waals surface area contributed by atoms with Crippen molar-refractivity contribution in [2.24, 2.45) is 0 Å². The largest absolute Gasteiger partial charge is 0.484 e. The van der Waals surface area contributed by atoms with Gasteiger partial charge in [0.2, 0.25) is 0 Å². The molecule has 1 aromatic heterocycles. The Morgan fingerprint density at radius 2 is 1.96 bits per heavy atom. The minimum absolute atomic E-state index is 0.136. The summed E-state index contributed by atoms with van der Waals surface area (Å²) in [6, 6.07) is 6.99. The molecule has 0 fully saturated rings. The molecular weight excluding hydrogens is 344 g/mol. The molecule has 0 saturated carbocycles. The minimum Gasteiger partial charge on any atom is -0.484 e. The zero-order valence-corrected chi connectivity index (χ0v) is 13.8. The molecule has 0 aliphatic carbocycles. The molecule has 10 nitrogen and oxygen atoms in total. The number of nitrogens with one attached hydrogen (secondary N) is 3. The summed E-state index contributed by atoms with van der Waals surface area (Å²) in [7, 11) is 0. The number of carbonyl (C=O) groups is 2. The van der Waals surface area contributed by atoms with Crippen molar-refractivity contribution >= 4 is 23.2 Å². The van der Waals surface area contributed by atoms with E-state index in [4.69, 9.17) is 4.74 Å². The third kappa shape index (κ3) is 4.90. The molecule has 10 heteroatoms. The first-order valence-electron chi connectivity index (χ1n) is 7.58. The van der Waals surface area contributed by atoms with Crippen LogP contribution in [0.2, 0.25) is 0 Å². The molecule has 0 saturated heterocycles. The summed E-state index contributed by atoms with van der Waals surface area (Å²) in [4.78, 5) is 47.3. The zero-order chi connectivity index (χ0) is 19.1. The maximum absolute atomic E-state index is 12.1. The van der Waals surface area contributed by atoms with Crippen molar-refractivity contribution in [1.82, 2.24) is 10.3 Å². The van der Waals surface area contributed by atoms with Crippen molar-refractivity contribution in [2.75, 3.05) is 18.5 Å². The van der Waals surface area contributed by atoms with Gasteiger partial charge in [0.15, 0.2) is 6.61 Å². The fourth-order valence-electron chi connectivity index (χ4n) is 1.98. The fourth-order valence-corrected chi connectivity index (χ4v) is 1.98. The number of aromatic amines is 1. The average molecular weight is 360 g/mol. The Kier molecular flexibility index (Phi) is 6.04. The van der Waals surface area contributed by atoms with Gasteiger partial charge in [0.05, 0.1) is 11.1 Å². The Hall–Kier alpha value is -3.69. The highest BCUT2D eigenvalue weighted by Crippen LogP contribution is 2.16.